The molecule has 1 aromatic heterocycles. The molecule has 1 aliphatic carbocycles. The van der Waals surface area contributed by atoms with Crippen LogP contribution in [0.15, 0.2) is 110 Å². The van der Waals surface area contributed by atoms with Gasteiger partial charge in [-0.2, -0.15) is 5.10 Å². The van der Waals surface area contributed by atoms with Crippen molar-refractivity contribution < 1.29 is 9.53 Å². The van der Waals surface area contributed by atoms with Gasteiger partial charge in [-0.3, -0.25) is 9.69 Å². The molecule has 0 fully saturated rings. The van der Waals surface area contributed by atoms with Gasteiger partial charge in [-0.15, -0.1) is 6.58 Å². The molecule has 1 unspecified atom stereocenters. The molecule has 0 amide bonds. The van der Waals surface area contributed by atoms with E-state index in [0.717, 1.165) is 46.4 Å². The quantitative estimate of drug-likeness (QED) is 0.185. The van der Waals surface area contributed by atoms with E-state index in [1.807, 2.05) is 6.92 Å². The zero-order chi connectivity index (χ0) is 26.8. The Morgan fingerprint density at radius 2 is 1.56 bits per heavy atom. The molecule has 0 spiro atoms. The maximum atomic E-state index is 13.0. The molecule has 1 atom stereocenters. The van der Waals surface area contributed by atoms with Gasteiger partial charge in [-0.25, -0.2) is 10.2 Å². The summed E-state index contributed by atoms with van der Waals surface area (Å²) in [5.74, 6) is -0.331. The molecule has 2 aliphatic rings. The average molecular weight is 517 g/mol. The fraction of sp³-hybridized carbons (Fsp3) is 0.212. The number of esters is 1. The average Bonchev–Trinajstić information content (AvgIpc) is 3.57. The van der Waals surface area contributed by atoms with Crippen molar-refractivity contribution >= 4 is 11.5 Å². The SMILES string of the molecule is C=CCn1nc2c(c1C(=O)OCC)CCC1NN(C(c3ccccc3)(c3ccccc3)c3ccccc3)C=C21. The Morgan fingerprint density at radius 1 is 1.00 bits per heavy atom. The molecule has 0 radical (unpaired) electrons. The Hall–Kier alpha value is -4.42. The first-order chi connectivity index (χ1) is 19.2. The molecule has 6 rings (SSSR count). The summed E-state index contributed by atoms with van der Waals surface area (Å²) < 4.78 is 7.16. The lowest BCUT2D eigenvalue weighted by Gasteiger charge is -2.44. The molecule has 4 aromatic rings. The molecule has 2 heterocycles. The number of hydrogen-bond donors (Lipinski definition) is 1. The van der Waals surface area contributed by atoms with Crippen molar-refractivity contribution in [2.24, 2.45) is 0 Å². The number of carbonyl (C=O) groups is 1. The zero-order valence-electron chi connectivity index (χ0n) is 22.1. The monoisotopic (exact) mass is 516 g/mol. The molecule has 6 heteroatoms. The van der Waals surface area contributed by atoms with Gasteiger partial charge in [0.25, 0.3) is 0 Å². The van der Waals surface area contributed by atoms with Gasteiger partial charge in [0.05, 0.1) is 24.9 Å². The second-order valence-electron chi connectivity index (χ2n) is 9.85. The third-order valence-corrected chi connectivity index (χ3v) is 7.65. The Labute approximate surface area is 229 Å². The maximum Gasteiger partial charge on any atom is 0.356 e. The van der Waals surface area contributed by atoms with Crippen molar-refractivity contribution in [2.45, 2.75) is 37.9 Å². The van der Waals surface area contributed by atoms with Gasteiger partial charge < -0.3 is 4.74 Å². The molecule has 196 valence electrons. The van der Waals surface area contributed by atoms with Crippen LogP contribution in [0.5, 0.6) is 0 Å². The number of benzene rings is 3. The highest BCUT2D eigenvalue weighted by Crippen LogP contribution is 2.46. The number of fused-ring (bicyclic) bond motifs is 3. The fourth-order valence-electron chi connectivity index (χ4n) is 6.04. The number of hydrogen-bond acceptors (Lipinski definition) is 5. The lowest BCUT2D eigenvalue weighted by atomic mass is 9.76. The smallest absolute Gasteiger partial charge is 0.356 e. The van der Waals surface area contributed by atoms with E-state index in [-0.39, 0.29) is 12.0 Å². The van der Waals surface area contributed by atoms with Crippen LogP contribution in [0.3, 0.4) is 0 Å². The largest absolute Gasteiger partial charge is 0.461 e. The van der Waals surface area contributed by atoms with Gasteiger partial charge in [0.1, 0.15) is 5.54 Å². The first-order valence-electron chi connectivity index (χ1n) is 13.5. The standard InChI is InChI=1S/C33H32N4O2/c1-3-22-36-31(32(38)39-4-2)27-20-21-29-28(30(27)35-36)23-37(34-29)33(24-14-8-5-9-15-24,25-16-10-6-11-17-25)26-18-12-7-13-19-26/h3,5-19,23,29,34H,1,4,20-22H2,2H3. The molecule has 3 aromatic carbocycles. The Morgan fingerprint density at radius 3 is 2.08 bits per heavy atom. The lowest BCUT2D eigenvalue weighted by Crippen LogP contribution is -2.52. The van der Waals surface area contributed by atoms with E-state index in [1.165, 1.54) is 0 Å². The second kappa shape index (κ2) is 10.4. The lowest BCUT2D eigenvalue weighted by molar-refractivity contribution is 0.0511. The number of hydrazine groups is 1. The minimum absolute atomic E-state index is 0.0649. The van der Waals surface area contributed by atoms with Gasteiger partial charge in [-0.1, -0.05) is 97.1 Å². The summed E-state index contributed by atoms with van der Waals surface area (Å²) in [7, 11) is 0. The number of allylic oxidation sites excluding steroid dienone is 1. The Kier molecular flexibility index (Phi) is 6.63. The molecule has 6 nitrogen and oxygen atoms in total. The zero-order valence-corrected chi connectivity index (χ0v) is 22.1. The predicted molar refractivity (Wildman–Crippen MR) is 153 cm³/mol. The van der Waals surface area contributed by atoms with E-state index < -0.39 is 5.54 Å². The second-order valence-corrected chi connectivity index (χ2v) is 9.85. The van der Waals surface area contributed by atoms with Crippen LogP contribution in [-0.4, -0.2) is 33.4 Å². The van der Waals surface area contributed by atoms with Crippen LogP contribution in [0.25, 0.3) is 5.57 Å². The van der Waals surface area contributed by atoms with Crippen LogP contribution < -0.4 is 5.43 Å². The Balaban J connectivity index is 1.56. The molecule has 39 heavy (non-hydrogen) atoms. The van der Waals surface area contributed by atoms with Crippen LogP contribution in [0.4, 0.5) is 0 Å². The van der Waals surface area contributed by atoms with Crippen molar-refractivity contribution in [3.8, 4) is 0 Å². The highest BCUT2D eigenvalue weighted by atomic mass is 16.5. The molecular weight excluding hydrogens is 484 g/mol. The van der Waals surface area contributed by atoms with Crippen LogP contribution >= 0.6 is 0 Å². The van der Waals surface area contributed by atoms with Crippen LogP contribution in [0.2, 0.25) is 0 Å². The Bertz CT molecular complexity index is 1410. The first-order valence-corrected chi connectivity index (χ1v) is 13.5. The molecule has 0 saturated heterocycles. The van der Waals surface area contributed by atoms with Gasteiger partial charge in [-0.05, 0) is 36.5 Å². The minimum atomic E-state index is -0.637. The third kappa shape index (κ3) is 4.08. The summed E-state index contributed by atoms with van der Waals surface area (Å²) in [4.78, 5) is 13.0. The molecule has 1 N–H and O–H groups in total. The van der Waals surface area contributed by atoms with E-state index in [0.29, 0.717) is 18.8 Å². The van der Waals surface area contributed by atoms with Crippen molar-refractivity contribution in [3.63, 3.8) is 0 Å². The summed E-state index contributed by atoms with van der Waals surface area (Å²) in [6.07, 6.45) is 5.53. The highest BCUT2D eigenvalue weighted by Gasteiger charge is 2.46. The molecular formula is C33H32N4O2. The van der Waals surface area contributed by atoms with Crippen LogP contribution in [0.1, 0.15) is 51.8 Å². The number of ether oxygens (including phenoxy) is 1. The number of carbonyl (C=O) groups excluding carboxylic acids is 1. The number of nitrogens with one attached hydrogen (secondary N) is 1. The van der Waals surface area contributed by atoms with E-state index in [1.54, 1.807) is 10.8 Å². The van der Waals surface area contributed by atoms with Crippen molar-refractivity contribution in [1.82, 2.24) is 20.2 Å². The molecule has 1 aliphatic heterocycles. The maximum absolute atomic E-state index is 13.0. The van der Waals surface area contributed by atoms with Crippen molar-refractivity contribution in [3.05, 3.63) is 143 Å². The number of rotatable bonds is 8. The summed E-state index contributed by atoms with van der Waals surface area (Å²) in [6.45, 7) is 6.46. The van der Waals surface area contributed by atoms with Crippen molar-refractivity contribution in [2.75, 3.05) is 6.61 Å². The predicted octanol–water partition coefficient (Wildman–Crippen LogP) is 5.71. The third-order valence-electron chi connectivity index (χ3n) is 7.65. The number of nitrogens with zero attached hydrogens (tertiary/aromatic N) is 3. The van der Waals surface area contributed by atoms with E-state index in [9.17, 15) is 4.79 Å². The van der Waals surface area contributed by atoms with Gasteiger partial charge in [0, 0.05) is 17.3 Å². The van der Waals surface area contributed by atoms with E-state index in [4.69, 9.17) is 9.84 Å². The van der Waals surface area contributed by atoms with Crippen LogP contribution in [0, 0.1) is 0 Å². The van der Waals surface area contributed by atoms with Gasteiger partial charge in [0.15, 0.2) is 5.69 Å². The topological polar surface area (TPSA) is 59.4 Å². The normalized spacial score (nSPS) is 16.3. The molecule has 0 bridgehead atoms. The fourth-order valence-corrected chi connectivity index (χ4v) is 6.04. The van der Waals surface area contributed by atoms with Gasteiger partial charge in [0.2, 0.25) is 0 Å². The number of aromatic nitrogens is 2. The summed E-state index contributed by atoms with van der Waals surface area (Å²) in [6, 6.07) is 31.9. The van der Waals surface area contributed by atoms with Gasteiger partial charge >= 0.3 is 5.97 Å². The summed E-state index contributed by atoms with van der Waals surface area (Å²) in [5.41, 5.74) is 10.1. The van der Waals surface area contributed by atoms with E-state index >= 15 is 0 Å². The van der Waals surface area contributed by atoms with Crippen molar-refractivity contribution in [1.29, 1.82) is 0 Å². The summed E-state index contributed by atoms with van der Waals surface area (Å²) >= 11 is 0. The van der Waals surface area contributed by atoms with Crippen LogP contribution in [-0.2, 0) is 23.2 Å². The minimum Gasteiger partial charge on any atom is -0.461 e. The molecule has 0 saturated carbocycles. The highest BCUT2D eigenvalue weighted by molar-refractivity contribution is 5.92. The summed E-state index contributed by atoms with van der Waals surface area (Å²) in [5, 5.41) is 7.18. The van der Waals surface area contributed by atoms with E-state index in [2.05, 4.69) is 114 Å². The first kappa shape index (κ1) is 24.9.